The lowest BCUT2D eigenvalue weighted by Gasteiger charge is -2.43. The van der Waals surface area contributed by atoms with Crippen molar-refractivity contribution in [2.45, 2.75) is 46.0 Å². The molecule has 1 heterocycles. The number of piperidine rings is 1. The molecule has 0 radical (unpaired) electrons. The van der Waals surface area contributed by atoms with Crippen molar-refractivity contribution in [2.75, 3.05) is 13.1 Å². The van der Waals surface area contributed by atoms with Crippen molar-refractivity contribution in [2.24, 2.45) is 11.3 Å². The standard InChI is InChI=1S/C17H26BrN/c1-13(2)7-8-17(3)9-10-19-12-16(17)14-5-4-6-15(18)11-14/h4-6,11,13,16,19H,7-10,12H2,1-3H3. The van der Waals surface area contributed by atoms with Crippen molar-refractivity contribution in [3.8, 4) is 0 Å². The third kappa shape index (κ3) is 3.82. The Morgan fingerprint density at radius 1 is 1.42 bits per heavy atom. The minimum atomic E-state index is 0.441. The van der Waals surface area contributed by atoms with Crippen LogP contribution in [0.5, 0.6) is 0 Å². The summed E-state index contributed by atoms with van der Waals surface area (Å²) in [5.41, 5.74) is 1.92. The molecule has 0 amide bonds. The molecule has 1 aromatic carbocycles. The topological polar surface area (TPSA) is 12.0 Å². The van der Waals surface area contributed by atoms with Gasteiger partial charge in [0.15, 0.2) is 0 Å². The van der Waals surface area contributed by atoms with E-state index in [0.717, 1.165) is 12.5 Å². The molecule has 0 spiro atoms. The van der Waals surface area contributed by atoms with Crippen LogP contribution in [0, 0.1) is 11.3 Å². The first-order chi connectivity index (χ1) is 9.01. The second-order valence-electron chi connectivity index (χ2n) is 6.65. The number of nitrogens with one attached hydrogen (secondary N) is 1. The van der Waals surface area contributed by atoms with Gasteiger partial charge in [-0.05, 0) is 48.4 Å². The molecule has 0 saturated carbocycles. The van der Waals surface area contributed by atoms with Crippen LogP contribution in [0.25, 0.3) is 0 Å². The van der Waals surface area contributed by atoms with E-state index in [1.165, 1.54) is 35.8 Å². The van der Waals surface area contributed by atoms with Gasteiger partial charge in [0.25, 0.3) is 0 Å². The first-order valence-electron chi connectivity index (χ1n) is 7.47. The second kappa shape index (κ2) is 6.41. The van der Waals surface area contributed by atoms with Crippen molar-refractivity contribution in [1.29, 1.82) is 0 Å². The van der Waals surface area contributed by atoms with Gasteiger partial charge in [0.2, 0.25) is 0 Å². The van der Waals surface area contributed by atoms with Crippen molar-refractivity contribution in [3.63, 3.8) is 0 Å². The molecule has 1 aliphatic rings. The predicted molar refractivity (Wildman–Crippen MR) is 86.5 cm³/mol. The van der Waals surface area contributed by atoms with Gasteiger partial charge in [0, 0.05) is 16.9 Å². The second-order valence-corrected chi connectivity index (χ2v) is 7.56. The minimum Gasteiger partial charge on any atom is -0.316 e. The Balaban J connectivity index is 2.19. The number of hydrogen-bond donors (Lipinski definition) is 1. The molecule has 2 atom stereocenters. The Morgan fingerprint density at radius 3 is 2.89 bits per heavy atom. The average molecular weight is 324 g/mol. The summed E-state index contributed by atoms with van der Waals surface area (Å²) in [6.07, 6.45) is 3.96. The summed E-state index contributed by atoms with van der Waals surface area (Å²) in [4.78, 5) is 0. The van der Waals surface area contributed by atoms with Gasteiger partial charge in [-0.3, -0.25) is 0 Å². The molecule has 0 aliphatic carbocycles. The number of halogens is 1. The zero-order valence-corrected chi connectivity index (χ0v) is 14.0. The highest BCUT2D eigenvalue weighted by molar-refractivity contribution is 9.10. The zero-order chi connectivity index (χ0) is 13.9. The monoisotopic (exact) mass is 323 g/mol. The van der Waals surface area contributed by atoms with Crippen molar-refractivity contribution in [1.82, 2.24) is 5.32 Å². The van der Waals surface area contributed by atoms with Crippen LogP contribution in [-0.2, 0) is 0 Å². The van der Waals surface area contributed by atoms with E-state index in [2.05, 4.69) is 66.3 Å². The Labute approximate surface area is 126 Å². The van der Waals surface area contributed by atoms with Crippen molar-refractivity contribution >= 4 is 15.9 Å². The van der Waals surface area contributed by atoms with Gasteiger partial charge < -0.3 is 5.32 Å². The van der Waals surface area contributed by atoms with Crippen LogP contribution in [0.3, 0.4) is 0 Å². The van der Waals surface area contributed by atoms with Crippen LogP contribution in [0.4, 0.5) is 0 Å². The molecule has 1 saturated heterocycles. The first kappa shape index (κ1) is 15.1. The van der Waals surface area contributed by atoms with Gasteiger partial charge in [-0.25, -0.2) is 0 Å². The minimum absolute atomic E-state index is 0.441. The molecular formula is C17H26BrN. The van der Waals surface area contributed by atoms with E-state index in [0.29, 0.717) is 11.3 Å². The van der Waals surface area contributed by atoms with E-state index in [1.807, 2.05) is 0 Å². The molecule has 19 heavy (non-hydrogen) atoms. The lowest BCUT2D eigenvalue weighted by molar-refractivity contribution is 0.161. The maximum Gasteiger partial charge on any atom is 0.0178 e. The highest BCUT2D eigenvalue weighted by Gasteiger charge is 2.37. The van der Waals surface area contributed by atoms with E-state index < -0.39 is 0 Å². The lowest BCUT2D eigenvalue weighted by Crippen LogP contribution is -2.42. The maximum atomic E-state index is 3.61. The summed E-state index contributed by atoms with van der Waals surface area (Å²) in [6.45, 7) is 9.43. The Hall–Kier alpha value is -0.340. The van der Waals surface area contributed by atoms with Crippen molar-refractivity contribution < 1.29 is 0 Å². The Morgan fingerprint density at radius 2 is 2.21 bits per heavy atom. The fourth-order valence-electron chi connectivity index (χ4n) is 3.20. The Bertz CT molecular complexity index is 415. The largest absolute Gasteiger partial charge is 0.316 e. The molecule has 106 valence electrons. The first-order valence-corrected chi connectivity index (χ1v) is 8.27. The molecular weight excluding hydrogens is 298 g/mol. The highest BCUT2D eigenvalue weighted by atomic mass is 79.9. The molecule has 2 heteroatoms. The van der Waals surface area contributed by atoms with Crippen molar-refractivity contribution in [3.05, 3.63) is 34.3 Å². The number of benzene rings is 1. The third-order valence-corrected chi connectivity index (χ3v) is 5.10. The van der Waals surface area contributed by atoms with E-state index in [-0.39, 0.29) is 0 Å². The Kier molecular flexibility index (Phi) is 5.08. The molecule has 0 aromatic heterocycles. The summed E-state index contributed by atoms with van der Waals surface area (Å²) in [5, 5.41) is 3.58. The maximum absolute atomic E-state index is 3.61. The van der Waals surface area contributed by atoms with Gasteiger partial charge in [-0.1, -0.05) is 55.3 Å². The van der Waals surface area contributed by atoms with Crippen LogP contribution in [-0.4, -0.2) is 13.1 Å². The lowest BCUT2D eigenvalue weighted by atomic mass is 9.66. The molecule has 1 N–H and O–H groups in total. The number of hydrogen-bond acceptors (Lipinski definition) is 1. The summed E-state index contributed by atoms with van der Waals surface area (Å²) < 4.78 is 1.20. The van der Waals surface area contributed by atoms with Gasteiger partial charge in [0.05, 0.1) is 0 Å². The molecule has 2 unspecified atom stereocenters. The summed E-state index contributed by atoms with van der Waals surface area (Å²) in [5.74, 6) is 1.44. The average Bonchev–Trinajstić information content (AvgIpc) is 2.37. The predicted octanol–water partition coefficient (Wildman–Crippen LogP) is 4.97. The molecule has 1 fully saturated rings. The van der Waals surface area contributed by atoms with Crippen LogP contribution in [0.15, 0.2) is 28.7 Å². The van der Waals surface area contributed by atoms with E-state index in [1.54, 1.807) is 0 Å². The zero-order valence-electron chi connectivity index (χ0n) is 12.4. The van der Waals surface area contributed by atoms with Gasteiger partial charge in [0.1, 0.15) is 0 Å². The van der Waals surface area contributed by atoms with Gasteiger partial charge in [-0.15, -0.1) is 0 Å². The van der Waals surface area contributed by atoms with E-state index >= 15 is 0 Å². The number of rotatable bonds is 4. The van der Waals surface area contributed by atoms with Crippen LogP contribution >= 0.6 is 15.9 Å². The van der Waals surface area contributed by atoms with Crippen LogP contribution in [0.1, 0.15) is 51.5 Å². The summed E-state index contributed by atoms with van der Waals surface area (Å²) >= 11 is 3.61. The van der Waals surface area contributed by atoms with Crippen LogP contribution in [0.2, 0.25) is 0 Å². The van der Waals surface area contributed by atoms with E-state index in [9.17, 15) is 0 Å². The fraction of sp³-hybridized carbons (Fsp3) is 0.647. The molecule has 0 bridgehead atoms. The molecule has 2 rings (SSSR count). The SMILES string of the molecule is CC(C)CCC1(C)CCNCC1c1cccc(Br)c1. The fourth-order valence-corrected chi connectivity index (χ4v) is 3.62. The normalized spacial score (nSPS) is 27.7. The van der Waals surface area contributed by atoms with Gasteiger partial charge >= 0.3 is 0 Å². The molecule has 1 aromatic rings. The highest BCUT2D eigenvalue weighted by Crippen LogP contribution is 2.45. The van der Waals surface area contributed by atoms with Gasteiger partial charge in [-0.2, -0.15) is 0 Å². The third-order valence-electron chi connectivity index (χ3n) is 4.61. The van der Waals surface area contributed by atoms with E-state index in [4.69, 9.17) is 0 Å². The molecule has 1 aliphatic heterocycles. The smallest absolute Gasteiger partial charge is 0.0178 e. The van der Waals surface area contributed by atoms with Crippen LogP contribution < -0.4 is 5.32 Å². The quantitative estimate of drug-likeness (QED) is 0.824. The molecule has 1 nitrogen and oxygen atoms in total. The summed E-state index contributed by atoms with van der Waals surface area (Å²) in [6, 6.07) is 8.86. The summed E-state index contributed by atoms with van der Waals surface area (Å²) in [7, 11) is 0.